The van der Waals surface area contributed by atoms with E-state index in [2.05, 4.69) is 0 Å². The largest absolute Gasteiger partial charge is 0.341 e. The number of amides is 1. The molecule has 0 radical (unpaired) electrons. The van der Waals surface area contributed by atoms with Gasteiger partial charge in [0.1, 0.15) is 5.82 Å². The monoisotopic (exact) mass is 362 g/mol. The van der Waals surface area contributed by atoms with Gasteiger partial charge in [-0.1, -0.05) is 23.7 Å². The van der Waals surface area contributed by atoms with E-state index >= 15 is 0 Å². The van der Waals surface area contributed by atoms with Crippen molar-refractivity contribution in [2.24, 2.45) is 0 Å². The van der Waals surface area contributed by atoms with Crippen LogP contribution < -0.4 is 0 Å². The van der Waals surface area contributed by atoms with Gasteiger partial charge in [-0.05, 0) is 42.2 Å². The summed E-state index contributed by atoms with van der Waals surface area (Å²) in [6.07, 6.45) is 1.40. The summed E-state index contributed by atoms with van der Waals surface area (Å²) in [5, 5.41) is 11.3. The fourth-order valence-corrected chi connectivity index (χ4v) is 3.19. The van der Waals surface area contributed by atoms with Crippen LogP contribution in [-0.2, 0) is 16.8 Å². The Balaban J connectivity index is 1.81. The lowest BCUT2D eigenvalue weighted by molar-refractivity contribution is -0.384. The normalized spacial score (nSPS) is 14.8. The Bertz CT molecular complexity index is 835. The van der Waals surface area contributed by atoms with E-state index in [4.69, 9.17) is 11.6 Å². The molecule has 5 nitrogen and oxygen atoms in total. The third kappa shape index (κ3) is 3.35. The van der Waals surface area contributed by atoms with Crippen LogP contribution in [0.25, 0.3) is 0 Å². The molecule has 0 unspecified atom stereocenters. The zero-order valence-electron chi connectivity index (χ0n) is 13.5. The van der Waals surface area contributed by atoms with E-state index in [-0.39, 0.29) is 24.0 Å². The number of carbonyl (C=O) groups excluding carboxylic acids is 1. The first-order valence-corrected chi connectivity index (χ1v) is 8.16. The van der Waals surface area contributed by atoms with Crippen LogP contribution in [0.5, 0.6) is 0 Å². The summed E-state index contributed by atoms with van der Waals surface area (Å²) < 4.78 is 13.1. The van der Waals surface area contributed by atoms with Gasteiger partial charge in [-0.15, -0.1) is 0 Å². The third-order valence-electron chi connectivity index (χ3n) is 4.55. The fraction of sp³-hybridized carbons (Fsp3) is 0.278. The molecule has 1 aliphatic carbocycles. The highest BCUT2D eigenvalue weighted by Crippen LogP contribution is 2.49. The lowest BCUT2D eigenvalue weighted by Crippen LogP contribution is -2.36. The van der Waals surface area contributed by atoms with Crippen LogP contribution in [0.3, 0.4) is 0 Å². The van der Waals surface area contributed by atoms with Gasteiger partial charge in [0.05, 0.1) is 10.3 Å². The first-order chi connectivity index (χ1) is 11.8. The Morgan fingerprint density at radius 1 is 1.28 bits per heavy atom. The van der Waals surface area contributed by atoms with Gasteiger partial charge in [0.2, 0.25) is 5.91 Å². The fourth-order valence-electron chi connectivity index (χ4n) is 3.01. The summed E-state index contributed by atoms with van der Waals surface area (Å²) >= 11 is 6.11. The average molecular weight is 363 g/mol. The lowest BCUT2D eigenvalue weighted by Gasteiger charge is -2.24. The van der Waals surface area contributed by atoms with Gasteiger partial charge in [0, 0.05) is 30.7 Å². The van der Waals surface area contributed by atoms with Crippen LogP contribution >= 0.6 is 11.6 Å². The van der Waals surface area contributed by atoms with Gasteiger partial charge >= 0.3 is 0 Å². The van der Waals surface area contributed by atoms with Crippen molar-refractivity contribution >= 4 is 23.2 Å². The van der Waals surface area contributed by atoms with Crippen LogP contribution in [-0.4, -0.2) is 22.8 Å². The Kier molecular flexibility index (Phi) is 4.47. The second kappa shape index (κ2) is 6.44. The number of carbonyl (C=O) groups is 1. The molecule has 0 saturated heterocycles. The third-order valence-corrected chi connectivity index (χ3v) is 4.92. The number of hydrogen-bond donors (Lipinski definition) is 0. The van der Waals surface area contributed by atoms with Crippen molar-refractivity contribution in [2.45, 2.75) is 24.8 Å². The van der Waals surface area contributed by atoms with E-state index < -0.39 is 10.3 Å². The summed E-state index contributed by atoms with van der Waals surface area (Å²) in [7, 11) is 1.64. The van der Waals surface area contributed by atoms with E-state index in [1.807, 2.05) is 0 Å². The number of nitro groups is 1. The first-order valence-electron chi connectivity index (χ1n) is 7.78. The van der Waals surface area contributed by atoms with Crippen molar-refractivity contribution in [2.75, 3.05) is 7.05 Å². The second-order valence-corrected chi connectivity index (χ2v) is 6.69. The van der Waals surface area contributed by atoms with Gasteiger partial charge < -0.3 is 4.90 Å². The molecule has 0 bridgehead atoms. The molecular formula is C18H16ClFN2O3. The molecule has 7 heteroatoms. The minimum atomic E-state index is -0.629. The number of nitro benzene ring substituents is 1. The quantitative estimate of drug-likeness (QED) is 0.594. The van der Waals surface area contributed by atoms with Gasteiger partial charge in [-0.3, -0.25) is 14.9 Å². The molecule has 2 aromatic rings. The van der Waals surface area contributed by atoms with Crippen LogP contribution in [0, 0.1) is 15.9 Å². The Labute approximate surface area is 149 Å². The molecule has 130 valence electrons. The van der Waals surface area contributed by atoms with E-state index in [1.165, 1.54) is 35.2 Å². The number of rotatable bonds is 5. The average Bonchev–Trinajstić information content (AvgIpc) is 3.38. The molecule has 0 atom stereocenters. The number of nitrogens with zero attached hydrogens (tertiary/aromatic N) is 2. The van der Waals surface area contributed by atoms with Crippen molar-refractivity contribution in [1.29, 1.82) is 0 Å². The summed E-state index contributed by atoms with van der Waals surface area (Å²) in [6, 6.07) is 10.1. The van der Waals surface area contributed by atoms with Crippen molar-refractivity contribution in [3.8, 4) is 0 Å². The highest BCUT2D eigenvalue weighted by molar-refractivity contribution is 6.31. The van der Waals surface area contributed by atoms with Gasteiger partial charge in [0.15, 0.2) is 0 Å². The van der Waals surface area contributed by atoms with Crippen LogP contribution in [0.4, 0.5) is 10.1 Å². The smallest absolute Gasteiger partial charge is 0.269 e. The summed E-state index contributed by atoms with van der Waals surface area (Å²) in [5.74, 6) is -0.439. The summed E-state index contributed by atoms with van der Waals surface area (Å²) in [5.41, 5.74) is 0.604. The molecule has 1 fully saturated rings. The van der Waals surface area contributed by atoms with Crippen LogP contribution in [0.1, 0.15) is 24.0 Å². The zero-order valence-corrected chi connectivity index (χ0v) is 14.3. The maximum atomic E-state index is 13.1. The lowest BCUT2D eigenvalue weighted by atomic mass is 9.94. The molecule has 1 amide bonds. The Morgan fingerprint density at radius 2 is 1.92 bits per heavy atom. The number of non-ortho nitro benzene ring substituents is 1. The second-order valence-electron chi connectivity index (χ2n) is 6.28. The predicted molar refractivity (Wildman–Crippen MR) is 91.9 cm³/mol. The highest BCUT2D eigenvalue weighted by Gasteiger charge is 2.52. The van der Waals surface area contributed by atoms with E-state index in [9.17, 15) is 19.3 Å². The standard InChI is InChI=1S/C18H16ClFN2O3/c1-21(11-12-10-15(22(24)25)6-7-16(12)19)17(23)18(8-9-18)13-2-4-14(20)5-3-13/h2-7,10H,8-9,11H2,1H3. The van der Waals surface area contributed by atoms with E-state index in [0.717, 1.165) is 5.56 Å². The van der Waals surface area contributed by atoms with Crippen molar-refractivity contribution in [1.82, 2.24) is 4.90 Å². The zero-order chi connectivity index (χ0) is 18.2. The molecule has 1 aliphatic rings. The molecule has 2 aromatic carbocycles. The first kappa shape index (κ1) is 17.4. The predicted octanol–water partition coefficient (Wildman–Crippen LogP) is 4.08. The van der Waals surface area contributed by atoms with E-state index in [0.29, 0.717) is 23.4 Å². The van der Waals surface area contributed by atoms with Gasteiger partial charge in [-0.2, -0.15) is 0 Å². The van der Waals surface area contributed by atoms with Gasteiger partial charge in [-0.25, -0.2) is 4.39 Å². The molecule has 0 heterocycles. The van der Waals surface area contributed by atoms with Crippen LogP contribution in [0.2, 0.25) is 5.02 Å². The van der Waals surface area contributed by atoms with Crippen molar-refractivity contribution < 1.29 is 14.1 Å². The van der Waals surface area contributed by atoms with Crippen LogP contribution in [0.15, 0.2) is 42.5 Å². The number of halogens is 2. The van der Waals surface area contributed by atoms with E-state index in [1.54, 1.807) is 19.2 Å². The molecule has 1 saturated carbocycles. The minimum Gasteiger partial charge on any atom is -0.341 e. The Morgan fingerprint density at radius 3 is 2.48 bits per heavy atom. The molecule has 0 aliphatic heterocycles. The molecular weight excluding hydrogens is 347 g/mol. The topological polar surface area (TPSA) is 63.4 Å². The maximum Gasteiger partial charge on any atom is 0.269 e. The summed E-state index contributed by atoms with van der Waals surface area (Å²) in [4.78, 5) is 24.8. The SMILES string of the molecule is CN(Cc1cc([N+](=O)[O-])ccc1Cl)C(=O)C1(c2ccc(F)cc2)CC1. The summed E-state index contributed by atoms with van der Waals surface area (Å²) in [6.45, 7) is 0.169. The minimum absolute atomic E-state index is 0.0695. The number of likely N-dealkylation sites (N-methyl/N-ethyl adjacent to an activating group) is 1. The molecule has 25 heavy (non-hydrogen) atoms. The van der Waals surface area contributed by atoms with Gasteiger partial charge in [0.25, 0.3) is 5.69 Å². The van der Waals surface area contributed by atoms with Crippen molar-refractivity contribution in [3.05, 3.63) is 74.5 Å². The molecule has 0 spiro atoms. The highest BCUT2D eigenvalue weighted by atomic mass is 35.5. The molecule has 3 rings (SSSR count). The number of benzene rings is 2. The molecule has 0 N–H and O–H groups in total. The number of hydrogen-bond acceptors (Lipinski definition) is 3. The van der Waals surface area contributed by atoms with Crippen molar-refractivity contribution in [3.63, 3.8) is 0 Å². The maximum absolute atomic E-state index is 13.1. The molecule has 0 aromatic heterocycles. The Hall–Kier alpha value is -2.47.